The van der Waals surface area contributed by atoms with Crippen LogP contribution in [0.2, 0.25) is 0 Å². The maximum Gasteiger partial charge on any atom is 0.231 e. The number of carbonyl (C=O) groups excluding carboxylic acids is 1. The van der Waals surface area contributed by atoms with Crippen LogP contribution in [0.25, 0.3) is 0 Å². The molecule has 2 atom stereocenters. The van der Waals surface area contributed by atoms with Crippen LogP contribution in [-0.2, 0) is 4.79 Å². The number of hydrogen-bond acceptors (Lipinski definition) is 6. The highest BCUT2D eigenvalue weighted by atomic mass is 16.4. The fraction of sp³-hybridized carbons (Fsp3) is 0.500. The molecule has 0 aliphatic heterocycles. The highest BCUT2D eigenvalue weighted by Gasteiger charge is 2.26. The first-order chi connectivity index (χ1) is 5.54. The van der Waals surface area contributed by atoms with Crippen molar-refractivity contribution in [1.82, 2.24) is 0 Å². The molecular weight excluding hydrogens is 168 g/mol. The largest absolute Gasteiger partial charge is 0.512 e. The maximum absolute atomic E-state index is 10.7. The molecule has 70 valence electrons. The van der Waals surface area contributed by atoms with Gasteiger partial charge in [-0.05, 0) is 0 Å². The molecule has 0 aromatic heterocycles. The quantitative estimate of drug-likeness (QED) is 0.257. The Labute approximate surface area is 68.0 Å². The molecule has 5 N–H and O–H groups in total. The van der Waals surface area contributed by atoms with Crippen LogP contribution in [0.5, 0.6) is 0 Å². The molecule has 6 nitrogen and oxygen atoms in total. The number of Topliss-reactive ketones (excluding diaryl/α,β-unsaturated/α-hetero) is 1. The third-order valence-corrected chi connectivity index (χ3v) is 1.19. The molecule has 0 aliphatic rings. The first-order valence-corrected chi connectivity index (χ1v) is 3.09. The van der Waals surface area contributed by atoms with Gasteiger partial charge in [0.1, 0.15) is 18.5 Å². The minimum atomic E-state index is -1.93. The van der Waals surface area contributed by atoms with Gasteiger partial charge in [0.25, 0.3) is 0 Å². The van der Waals surface area contributed by atoms with Crippen LogP contribution in [0.15, 0.2) is 12.0 Å². The molecule has 0 aliphatic carbocycles. The molecule has 0 saturated heterocycles. The molecule has 0 saturated carbocycles. The van der Waals surface area contributed by atoms with Gasteiger partial charge in [-0.3, -0.25) is 4.79 Å². The normalized spacial score (nSPS) is 17.1. The predicted molar refractivity (Wildman–Crippen MR) is 37.4 cm³/mol. The Hall–Kier alpha value is -1.11. The zero-order valence-corrected chi connectivity index (χ0v) is 6.08. The van der Waals surface area contributed by atoms with Crippen molar-refractivity contribution >= 4 is 5.78 Å². The van der Waals surface area contributed by atoms with Gasteiger partial charge in [0.15, 0.2) is 5.76 Å². The predicted octanol–water partition coefficient (Wildman–Crippen LogP) is -1.77. The topological polar surface area (TPSA) is 118 Å². The van der Waals surface area contributed by atoms with E-state index in [4.69, 9.17) is 25.5 Å². The van der Waals surface area contributed by atoms with Gasteiger partial charge in [-0.25, -0.2) is 0 Å². The highest BCUT2D eigenvalue weighted by Crippen LogP contribution is 2.00. The van der Waals surface area contributed by atoms with Crippen molar-refractivity contribution in [3.63, 3.8) is 0 Å². The molecule has 6 heteroatoms. The van der Waals surface area contributed by atoms with Gasteiger partial charge in [0, 0.05) is 0 Å². The Balaban J connectivity index is 4.29. The molecule has 0 heterocycles. The summed E-state index contributed by atoms with van der Waals surface area (Å²) in [7, 11) is 0. The van der Waals surface area contributed by atoms with Gasteiger partial charge < -0.3 is 25.5 Å². The lowest BCUT2D eigenvalue weighted by Gasteiger charge is -2.12. The summed E-state index contributed by atoms with van der Waals surface area (Å²) < 4.78 is 0. The molecule has 0 amide bonds. The number of rotatable bonds is 4. The van der Waals surface area contributed by atoms with Crippen molar-refractivity contribution < 1.29 is 30.3 Å². The second-order valence-electron chi connectivity index (χ2n) is 2.07. The van der Waals surface area contributed by atoms with E-state index in [9.17, 15) is 4.79 Å². The molecule has 0 spiro atoms. The number of carbonyl (C=O) groups is 1. The van der Waals surface area contributed by atoms with E-state index in [1.165, 1.54) is 0 Å². The van der Waals surface area contributed by atoms with Crippen LogP contribution in [0.4, 0.5) is 0 Å². The highest BCUT2D eigenvalue weighted by molar-refractivity contribution is 5.96. The first kappa shape index (κ1) is 10.9. The summed E-state index contributed by atoms with van der Waals surface area (Å²) in [6.45, 7) is -0.814. The lowest BCUT2D eigenvalue weighted by molar-refractivity contribution is -0.133. The smallest absolute Gasteiger partial charge is 0.231 e. The van der Waals surface area contributed by atoms with Crippen molar-refractivity contribution in [3.05, 3.63) is 12.0 Å². The molecule has 0 rings (SSSR count). The van der Waals surface area contributed by atoms with E-state index in [1.807, 2.05) is 0 Å². The summed E-state index contributed by atoms with van der Waals surface area (Å²) in [5.41, 5.74) is 0. The summed E-state index contributed by atoms with van der Waals surface area (Å²) in [5.74, 6) is -2.32. The minimum absolute atomic E-state index is 0.0929. The maximum atomic E-state index is 10.7. The van der Waals surface area contributed by atoms with E-state index < -0.39 is 30.4 Å². The van der Waals surface area contributed by atoms with Gasteiger partial charge in [0.2, 0.25) is 5.78 Å². The summed E-state index contributed by atoms with van der Waals surface area (Å²) in [4.78, 5) is 10.7. The number of aliphatic hydroxyl groups excluding tert-OH is 5. The van der Waals surface area contributed by atoms with Crippen molar-refractivity contribution in [2.45, 2.75) is 12.2 Å². The summed E-state index contributed by atoms with van der Waals surface area (Å²) >= 11 is 0. The Morgan fingerprint density at radius 1 is 1.42 bits per heavy atom. The van der Waals surface area contributed by atoms with Crippen LogP contribution in [-0.4, -0.2) is 50.1 Å². The van der Waals surface area contributed by atoms with E-state index in [-0.39, 0.29) is 6.26 Å². The SMILES string of the molecule is O=C(/C(O)=C/O)C(O)C(O)CO. The van der Waals surface area contributed by atoms with Crippen molar-refractivity contribution in [1.29, 1.82) is 0 Å². The van der Waals surface area contributed by atoms with Crippen LogP contribution in [0, 0.1) is 0 Å². The van der Waals surface area contributed by atoms with Gasteiger partial charge in [-0.15, -0.1) is 0 Å². The molecule has 0 aromatic carbocycles. The molecule has 0 aromatic rings. The lowest BCUT2D eigenvalue weighted by atomic mass is 10.1. The van der Waals surface area contributed by atoms with Crippen LogP contribution in [0.3, 0.4) is 0 Å². The van der Waals surface area contributed by atoms with Crippen molar-refractivity contribution in [2.24, 2.45) is 0 Å². The zero-order valence-electron chi connectivity index (χ0n) is 6.08. The molecule has 0 radical (unpaired) electrons. The number of ketones is 1. The van der Waals surface area contributed by atoms with Crippen molar-refractivity contribution in [2.75, 3.05) is 6.61 Å². The van der Waals surface area contributed by atoms with Crippen LogP contribution >= 0.6 is 0 Å². The van der Waals surface area contributed by atoms with E-state index in [0.29, 0.717) is 0 Å². The zero-order chi connectivity index (χ0) is 9.72. The van der Waals surface area contributed by atoms with E-state index in [1.54, 1.807) is 0 Å². The molecule has 0 bridgehead atoms. The monoisotopic (exact) mass is 178 g/mol. The Morgan fingerprint density at radius 3 is 2.25 bits per heavy atom. The van der Waals surface area contributed by atoms with E-state index in [0.717, 1.165) is 0 Å². The van der Waals surface area contributed by atoms with Crippen LogP contribution in [0.1, 0.15) is 0 Å². The Kier molecular flexibility index (Phi) is 4.27. The summed E-state index contributed by atoms with van der Waals surface area (Å²) in [5, 5.41) is 42.5. The number of aliphatic hydroxyl groups is 5. The summed E-state index contributed by atoms with van der Waals surface area (Å²) in [6, 6.07) is 0. The van der Waals surface area contributed by atoms with E-state index in [2.05, 4.69) is 0 Å². The molecule has 12 heavy (non-hydrogen) atoms. The molecule has 2 unspecified atom stereocenters. The molecular formula is C6H10O6. The second kappa shape index (κ2) is 4.70. The third kappa shape index (κ3) is 2.50. The minimum Gasteiger partial charge on any atom is -0.512 e. The van der Waals surface area contributed by atoms with Gasteiger partial charge in [-0.2, -0.15) is 0 Å². The second-order valence-corrected chi connectivity index (χ2v) is 2.07. The lowest BCUT2D eigenvalue weighted by Crippen LogP contribution is -2.37. The fourth-order valence-corrected chi connectivity index (χ4v) is 0.490. The average molecular weight is 178 g/mol. The Bertz CT molecular complexity index is 186. The van der Waals surface area contributed by atoms with Crippen LogP contribution < -0.4 is 0 Å². The van der Waals surface area contributed by atoms with Gasteiger partial charge >= 0.3 is 0 Å². The fourth-order valence-electron chi connectivity index (χ4n) is 0.490. The van der Waals surface area contributed by atoms with Gasteiger partial charge in [-0.1, -0.05) is 0 Å². The average Bonchev–Trinajstić information content (AvgIpc) is 2.12. The summed E-state index contributed by atoms with van der Waals surface area (Å²) in [6.07, 6.45) is -3.51. The number of hydrogen-bond donors (Lipinski definition) is 5. The van der Waals surface area contributed by atoms with Gasteiger partial charge in [0.05, 0.1) is 6.61 Å². The van der Waals surface area contributed by atoms with Crippen molar-refractivity contribution in [3.8, 4) is 0 Å². The first-order valence-electron chi connectivity index (χ1n) is 3.09. The molecule has 0 fully saturated rings. The Morgan fingerprint density at radius 2 is 1.92 bits per heavy atom. The standard InChI is InChI=1S/C6H10O6/c7-1-3(9)5(11)6(12)4(10)2-8/h1,4,6-10,12H,2H2/b3-1-. The van der Waals surface area contributed by atoms with E-state index >= 15 is 0 Å². The third-order valence-electron chi connectivity index (χ3n) is 1.19.